The molecule has 164 valence electrons. The maximum Gasteiger partial charge on any atom is 0.330 e. The predicted molar refractivity (Wildman–Crippen MR) is 127 cm³/mol. The number of benzene rings is 2. The van der Waals surface area contributed by atoms with Crippen LogP contribution in [0.25, 0.3) is 11.0 Å². The Labute approximate surface area is 191 Å². The van der Waals surface area contributed by atoms with E-state index in [1.165, 1.54) is 9.47 Å². The molecule has 0 unspecified atom stereocenters. The highest BCUT2D eigenvalue weighted by Crippen LogP contribution is 2.29. The normalized spacial score (nSPS) is 11.1. The Morgan fingerprint density at radius 3 is 2.59 bits per heavy atom. The Balaban J connectivity index is 1.81. The van der Waals surface area contributed by atoms with Crippen LogP contribution in [-0.2, 0) is 6.54 Å². The van der Waals surface area contributed by atoms with Crippen molar-refractivity contribution in [3.63, 3.8) is 0 Å². The van der Waals surface area contributed by atoms with E-state index < -0.39 is 17.2 Å². The first-order valence-corrected chi connectivity index (χ1v) is 10.9. The minimum absolute atomic E-state index is 0.0694. The number of anilines is 2. The number of hydrogen-bond acceptors (Lipinski definition) is 5. The van der Waals surface area contributed by atoms with Crippen LogP contribution in [0.2, 0.25) is 0 Å². The van der Waals surface area contributed by atoms with Gasteiger partial charge >= 0.3 is 5.69 Å². The summed E-state index contributed by atoms with van der Waals surface area (Å²) in [4.78, 5) is 42.2. The largest absolute Gasteiger partial charge is 0.450 e. The Kier molecular flexibility index (Phi) is 6.00. The van der Waals surface area contributed by atoms with Gasteiger partial charge in [-0.15, -0.1) is 0 Å². The zero-order valence-electron chi connectivity index (χ0n) is 17.3. The molecule has 0 aliphatic carbocycles. The number of furan rings is 1. The highest BCUT2D eigenvalue weighted by atomic mass is 79.9. The number of nitrogens with one attached hydrogen (secondary N) is 1. The molecule has 0 aliphatic heterocycles. The van der Waals surface area contributed by atoms with E-state index in [4.69, 9.17) is 10.2 Å². The molecule has 2 heterocycles. The molecule has 0 atom stereocenters. The molecule has 0 spiro atoms. The van der Waals surface area contributed by atoms with Crippen molar-refractivity contribution in [1.29, 1.82) is 0 Å². The number of halogens is 1. The SMILES string of the molecule is CCCN(C(=O)c1cc2cccc(Br)c2o1)c1c(N)n(Cc2ccccc2)c(=O)[nH]c1=O. The topological polar surface area (TPSA) is 114 Å². The van der Waals surface area contributed by atoms with Crippen molar-refractivity contribution in [1.82, 2.24) is 9.55 Å². The van der Waals surface area contributed by atoms with Gasteiger partial charge in [0, 0.05) is 11.9 Å². The second kappa shape index (κ2) is 8.88. The smallest absolute Gasteiger partial charge is 0.330 e. The number of nitrogen functional groups attached to an aromatic ring is 1. The van der Waals surface area contributed by atoms with Gasteiger partial charge in [0.15, 0.2) is 11.4 Å². The summed E-state index contributed by atoms with van der Waals surface area (Å²) < 4.78 is 7.74. The van der Waals surface area contributed by atoms with Crippen molar-refractivity contribution in [2.75, 3.05) is 17.2 Å². The van der Waals surface area contributed by atoms with E-state index in [9.17, 15) is 14.4 Å². The number of hydrogen-bond donors (Lipinski definition) is 2. The number of H-pyrrole nitrogens is 1. The summed E-state index contributed by atoms with van der Waals surface area (Å²) in [6.45, 7) is 2.24. The van der Waals surface area contributed by atoms with Crippen LogP contribution < -0.4 is 21.9 Å². The van der Waals surface area contributed by atoms with Crippen LogP contribution in [0.15, 0.2) is 73.1 Å². The minimum atomic E-state index is -0.726. The number of rotatable bonds is 6. The fourth-order valence-electron chi connectivity index (χ4n) is 3.57. The van der Waals surface area contributed by atoms with Crippen molar-refractivity contribution >= 4 is 44.3 Å². The quantitative estimate of drug-likeness (QED) is 0.422. The Morgan fingerprint density at radius 2 is 1.91 bits per heavy atom. The molecule has 2 aromatic heterocycles. The fraction of sp³-hybridized carbons (Fsp3) is 0.174. The van der Waals surface area contributed by atoms with Crippen LogP contribution in [0.5, 0.6) is 0 Å². The summed E-state index contributed by atoms with van der Waals surface area (Å²) >= 11 is 3.41. The average Bonchev–Trinajstić information content (AvgIpc) is 3.22. The van der Waals surface area contributed by atoms with Crippen LogP contribution >= 0.6 is 15.9 Å². The molecule has 0 fully saturated rings. The van der Waals surface area contributed by atoms with Crippen molar-refractivity contribution < 1.29 is 9.21 Å². The number of amides is 1. The zero-order valence-corrected chi connectivity index (χ0v) is 18.9. The van der Waals surface area contributed by atoms with Gasteiger partial charge in [0.1, 0.15) is 11.4 Å². The van der Waals surface area contributed by atoms with Gasteiger partial charge in [0.05, 0.1) is 11.0 Å². The molecule has 4 aromatic rings. The second-order valence-corrected chi connectivity index (χ2v) is 8.14. The lowest BCUT2D eigenvalue weighted by Crippen LogP contribution is -2.41. The molecule has 0 aliphatic rings. The third-order valence-electron chi connectivity index (χ3n) is 5.07. The Bertz CT molecular complexity index is 1410. The highest BCUT2D eigenvalue weighted by molar-refractivity contribution is 9.10. The van der Waals surface area contributed by atoms with Crippen molar-refractivity contribution in [2.45, 2.75) is 19.9 Å². The number of nitrogens with two attached hydrogens (primary N) is 1. The number of nitrogens with zero attached hydrogens (tertiary/aromatic N) is 2. The molecular weight excluding hydrogens is 476 g/mol. The minimum Gasteiger partial charge on any atom is -0.450 e. The Morgan fingerprint density at radius 1 is 1.16 bits per heavy atom. The lowest BCUT2D eigenvalue weighted by molar-refractivity contribution is 0.0962. The summed E-state index contributed by atoms with van der Waals surface area (Å²) in [6.07, 6.45) is 0.562. The fourth-order valence-corrected chi connectivity index (χ4v) is 4.03. The third-order valence-corrected chi connectivity index (χ3v) is 5.69. The molecule has 4 rings (SSSR count). The van der Waals surface area contributed by atoms with Gasteiger partial charge < -0.3 is 10.2 Å². The molecular formula is C23H21BrN4O4. The van der Waals surface area contributed by atoms with Crippen molar-refractivity contribution in [2.24, 2.45) is 0 Å². The maximum absolute atomic E-state index is 13.4. The summed E-state index contributed by atoms with van der Waals surface area (Å²) in [5.74, 6) is -0.529. The van der Waals surface area contributed by atoms with Gasteiger partial charge in [-0.2, -0.15) is 0 Å². The number of aromatic amines is 1. The van der Waals surface area contributed by atoms with Crippen LogP contribution in [0.1, 0.15) is 29.5 Å². The van der Waals surface area contributed by atoms with Gasteiger partial charge in [0.2, 0.25) is 0 Å². The molecule has 2 aromatic carbocycles. The van der Waals surface area contributed by atoms with Gasteiger partial charge in [-0.05, 0) is 40.0 Å². The monoisotopic (exact) mass is 496 g/mol. The first-order valence-electron chi connectivity index (χ1n) is 10.1. The van der Waals surface area contributed by atoms with E-state index in [1.807, 2.05) is 55.5 Å². The molecule has 0 saturated heterocycles. The van der Waals surface area contributed by atoms with E-state index in [0.29, 0.717) is 16.5 Å². The van der Waals surface area contributed by atoms with Crippen LogP contribution in [0, 0.1) is 0 Å². The average molecular weight is 497 g/mol. The molecule has 32 heavy (non-hydrogen) atoms. The van der Waals surface area contributed by atoms with Gasteiger partial charge in [-0.25, -0.2) is 4.79 Å². The molecule has 0 radical (unpaired) electrons. The summed E-state index contributed by atoms with van der Waals surface area (Å²) in [7, 11) is 0. The summed E-state index contributed by atoms with van der Waals surface area (Å²) in [5.41, 5.74) is 6.20. The maximum atomic E-state index is 13.4. The first kappa shape index (κ1) is 21.6. The van der Waals surface area contributed by atoms with E-state index in [-0.39, 0.29) is 30.4 Å². The molecule has 9 heteroatoms. The number of carbonyl (C=O) groups excluding carboxylic acids is 1. The van der Waals surface area contributed by atoms with Crippen LogP contribution in [0.4, 0.5) is 11.5 Å². The zero-order chi connectivity index (χ0) is 22.8. The number of carbonyl (C=O) groups is 1. The predicted octanol–water partition coefficient (Wildman–Crippen LogP) is 3.73. The second-order valence-electron chi connectivity index (χ2n) is 7.29. The molecule has 0 saturated carbocycles. The summed E-state index contributed by atoms with van der Waals surface area (Å²) in [6, 6.07) is 16.3. The van der Waals surface area contributed by atoms with Crippen molar-refractivity contribution in [3.8, 4) is 0 Å². The molecule has 0 bridgehead atoms. The number of fused-ring (bicyclic) bond motifs is 1. The molecule has 3 N–H and O–H groups in total. The molecule has 1 amide bonds. The first-order chi connectivity index (χ1) is 15.4. The van der Waals surface area contributed by atoms with Gasteiger partial charge in [-0.1, -0.05) is 49.4 Å². The Hall–Kier alpha value is -3.59. The van der Waals surface area contributed by atoms with Gasteiger partial charge in [0.25, 0.3) is 11.5 Å². The number of aromatic nitrogens is 2. The van der Waals surface area contributed by atoms with E-state index in [2.05, 4.69) is 20.9 Å². The lowest BCUT2D eigenvalue weighted by atomic mass is 10.2. The number of para-hydroxylation sites is 1. The molecule has 8 nitrogen and oxygen atoms in total. The van der Waals surface area contributed by atoms with Gasteiger partial charge in [-0.3, -0.25) is 24.0 Å². The standard InChI is InChI=1S/C23H21BrN4O4/c1-2-11-27(22(30)17-12-15-9-6-10-16(24)19(15)32-17)18-20(25)28(23(31)26-21(18)29)13-14-7-4-3-5-8-14/h3-10,12H,2,11,13,25H2,1H3,(H,26,29,31). The third kappa shape index (κ3) is 3.99. The highest BCUT2D eigenvalue weighted by Gasteiger charge is 2.27. The van der Waals surface area contributed by atoms with Crippen LogP contribution in [0.3, 0.4) is 0 Å². The van der Waals surface area contributed by atoms with E-state index >= 15 is 0 Å². The van der Waals surface area contributed by atoms with Crippen LogP contribution in [-0.4, -0.2) is 22.0 Å². The van der Waals surface area contributed by atoms with E-state index in [1.54, 1.807) is 6.07 Å². The lowest BCUT2D eigenvalue weighted by Gasteiger charge is -2.23. The van der Waals surface area contributed by atoms with Crippen molar-refractivity contribution in [3.05, 3.63) is 91.2 Å². The van der Waals surface area contributed by atoms with E-state index in [0.717, 1.165) is 10.9 Å². The summed E-state index contributed by atoms with van der Waals surface area (Å²) in [5, 5.41) is 0.745.